The molecule has 3 aromatic carbocycles. The van der Waals surface area contributed by atoms with E-state index in [4.69, 9.17) is 33.2 Å². The Labute approximate surface area is 187 Å². The van der Waals surface area contributed by atoms with E-state index in [-0.39, 0.29) is 0 Å². The van der Waals surface area contributed by atoms with Gasteiger partial charge in [0.1, 0.15) is 5.52 Å². The van der Waals surface area contributed by atoms with E-state index in [2.05, 4.69) is 34.2 Å². The van der Waals surface area contributed by atoms with E-state index < -0.39 is 0 Å². The van der Waals surface area contributed by atoms with E-state index in [1.54, 1.807) is 12.3 Å². The van der Waals surface area contributed by atoms with Crippen molar-refractivity contribution < 1.29 is 0 Å². The quantitative estimate of drug-likeness (QED) is 0.309. The lowest BCUT2D eigenvalue weighted by Gasteiger charge is -2.10. The Morgan fingerprint density at radius 3 is 2.32 bits per heavy atom. The van der Waals surface area contributed by atoms with E-state index in [0.29, 0.717) is 33.1 Å². The van der Waals surface area contributed by atoms with Gasteiger partial charge in [-0.15, -0.1) is 0 Å². The maximum Gasteiger partial charge on any atom is 0.239 e. The summed E-state index contributed by atoms with van der Waals surface area (Å²) >= 11 is 12.6. The highest BCUT2D eigenvalue weighted by molar-refractivity contribution is 6.35. The first-order valence-electron chi connectivity index (χ1n) is 9.63. The number of hydrogen-bond acceptors (Lipinski definition) is 4. The minimum Gasteiger partial charge on any atom is -0.243 e. The van der Waals surface area contributed by atoms with Gasteiger partial charge in [0.25, 0.3) is 0 Å². The van der Waals surface area contributed by atoms with E-state index in [1.165, 1.54) is 0 Å². The van der Waals surface area contributed by atoms with E-state index in [0.717, 1.165) is 27.4 Å². The number of hydrogen-bond donors (Lipinski definition) is 0. The molecule has 6 aromatic rings. The fraction of sp³-hybridized carbons (Fsp3) is 0. The summed E-state index contributed by atoms with van der Waals surface area (Å²) in [6, 6.07) is 23.5. The second kappa shape index (κ2) is 7.01. The fourth-order valence-corrected chi connectivity index (χ4v) is 4.30. The van der Waals surface area contributed by atoms with Crippen molar-refractivity contribution in [3.63, 3.8) is 0 Å². The largest absolute Gasteiger partial charge is 0.243 e. The van der Waals surface area contributed by atoms with Crippen molar-refractivity contribution in [1.29, 1.82) is 0 Å². The van der Waals surface area contributed by atoms with Crippen molar-refractivity contribution in [3.8, 4) is 22.8 Å². The van der Waals surface area contributed by atoms with Crippen LogP contribution >= 0.6 is 23.2 Å². The SMILES string of the molecule is Clc1cc(Cl)cc(-c2nc(-c3ccc4ccccc4c3)nc3nc4cccnc4n23)c1. The molecule has 0 fully saturated rings. The van der Waals surface area contributed by atoms with Crippen molar-refractivity contribution in [2.24, 2.45) is 0 Å². The van der Waals surface area contributed by atoms with Gasteiger partial charge >= 0.3 is 0 Å². The number of nitrogens with zero attached hydrogens (tertiary/aromatic N) is 5. The summed E-state index contributed by atoms with van der Waals surface area (Å²) in [6.45, 7) is 0. The topological polar surface area (TPSA) is 56.0 Å². The van der Waals surface area contributed by atoms with Gasteiger partial charge in [0.15, 0.2) is 17.3 Å². The molecule has 0 N–H and O–H groups in total. The van der Waals surface area contributed by atoms with Crippen LogP contribution in [0.15, 0.2) is 79.0 Å². The van der Waals surface area contributed by atoms with Crippen LogP contribution in [0.5, 0.6) is 0 Å². The van der Waals surface area contributed by atoms with Crippen LogP contribution in [-0.2, 0) is 0 Å². The minimum absolute atomic E-state index is 0.512. The number of fused-ring (bicyclic) bond motifs is 4. The average molecular weight is 442 g/mol. The molecule has 5 nitrogen and oxygen atoms in total. The van der Waals surface area contributed by atoms with Crippen LogP contribution in [0.4, 0.5) is 0 Å². The zero-order valence-corrected chi connectivity index (χ0v) is 17.5. The summed E-state index contributed by atoms with van der Waals surface area (Å²) in [5, 5.41) is 3.33. The first-order valence-corrected chi connectivity index (χ1v) is 10.4. The smallest absolute Gasteiger partial charge is 0.239 e. The Kier molecular flexibility index (Phi) is 4.13. The molecule has 0 spiro atoms. The predicted molar refractivity (Wildman–Crippen MR) is 124 cm³/mol. The molecule has 0 unspecified atom stereocenters. The first-order chi connectivity index (χ1) is 15.2. The third-order valence-corrected chi connectivity index (χ3v) is 5.59. The van der Waals surface area contributed by atoms with Crippen LogP contribution < -0.4 is 0 Å². The molecule has 31 heavy (non-hydrogen) atoms. The predicted octanol–water partition coefficient (Wildman–Crippen LogP) is 6.47. The van der Waals surface area contributed by atoms with Crippen LogP contribution in [0.3, 0.4) is 0 Å². The molecule has 148 valence electrons. The maximum absolute atomic E-state index is 6.30. The monoisotopic (exact) mass is 441 g/mol. The van der Waals surface area contributed by atoms with Crippen LogP contribution in [0.25, 0.3) is 50.5 Å². The molecule has 0 atom stereocenters. The van der Waals surface area contributed by atoms with Crippen LogP contribution in [0.2, 0.25) is 10.0 Å². The molecule has 0 saturated heterocycles. The second-order valence-electron chi connectivity index (χ2n) is 7.18. The summed E-state index contributed by atoms with van der Waals surface area (Å²) in [5.41, 5.74) is 3.07. The van der Waals surface area contributed by atoms with E-state index in [9.17, 15) is 0 Å². The number of pyridine rings is 1. The van der Waals surface area contributed by atoms with Crippen LogP contribution in [0.1, 0.15) is 0 Å². The molecule has 0 bridgehead atoms. The van der Waals surface area contributed by atoms with E-state index >= 15 is 0 Å². The molecule has 0 aliphatic carbocycles. The van der Waals surface area contributed by atoms with Gasteiger partial charge in [0.2, 0.25) is 5.78 Å². The Bertz CT molecular complexity index is 1600. The highest BCUT2D eigenvalue weighted by Crippen LogP contribution is 2.30. The zero-order valence-electron chi connectivity index (χ0n) is 16.0. The fourth-order valence-electron chi connectivity index (χ4n) is 3.77. The van der Waals surface area contributed by atoms with Crippen LogP contribution in [0, 0.1) is 0 Å². The van der Waals surface area contributed by atoms with Gasteiger partial charge in [0, 0.05) is 27.4 Å². The van der Waals surface area contributed by atoms with Crippen molar-refractivity contribution in [2.45, 2.75) is 0 Å². The molecule has 0 amide bonds. The normalized spacial score (nSPS) is 11.5. The molecule has 6 rings (SSSR count). The number of rotatable bonds is 2. The highest BCUT2D eigenvalue weighted by Gasteiger charge is 2.17. The van der Waals surface area contributed by atoms with Crippen molar-refractivity contribution in [3.05, 3.63) is 89.0 Å². The molecule has 3 heterocycles. The lowest BCUT2D eigenvalue weighted by atomic mass is 10.1. The summed E-state index contributed by atoms with van der Waals surface area (Å²) < 4.78 is 1.84. The number of aromatic nitrogens is 5. The standard InChI is InChI=1S/C24H13Cl2N5/c25-18-11-17(12-19(26)13-18)22-29-21(16-8-7-14-4-1-2-5-15(14)10-16)30-24-28-20-6-3-9-27-23(20)31(22)24/h1-13H. The Balaban J connectivity index is 1.69. The third-order valence-electron chi connectivity index (χ3n) is 5.16. The van der Waals surface area contributed by atoms with Gasteiger partial charge < -0.3 is 0 Å². The molecule has 7 heteroatoms. The molecular weight excluding hydrogens is 429 g/mol. The van der Waals surface area contributed by atoms with Gasteiger partial charge in [-0.1, -0.05) is 59.6 Å². The molecule has 0 aliphatic rings. The summed E-state index contributed by atoms with van der Waals surface area (Å²) in [6.07, 6.45) is 1.72. The lowest BCUT2D eigenvalue weighted by Crippen LogP contribution is -2.02. The highest BCUT2D eigenvalue weighted by atomic mass is 35.5. The molecule has 0 radical (unpaired) electrons. The Morgan fingerprint density at radius 1 is 0.677 bits per heavy atom. The summed E-state index contributed by atoms with van der Waals surface area (Å²) in [4.78, 5) is 18.8. The van der Waals surface area contributed by atoms with Gasteiger partial charge in [-0.3, -0.25) is 0 Å². The molecule has 3 aromatic heterocycles. The maximum atomic E-state index is 6.30. The number of imidazole rings is 1. The van der Waals surface area contributed by atoms with Crippen LogP contribution in [-0.4, -0.2) is 24.3 Å². The van der Waals surface area contributed by atoms with Crippen molar-refractivity contribution >= 4 is 50.9 Å². The number of halogens is 2. The van der Waals surface area contributed by atoms with Gasteiger partial charge in [-0.05, 0) is 47.2 Å². The minimum atomic E-state index is 0.512. The lowest BCUT2D eigenvalue weighted by molar-refractivity contribution is 1.04. The van der Waals surface area contributed by atoms with Gasteiger partial charge in [-0.25, -0.2) is 19.4 Å². The second-order valence-corrected chi connectivity index (χ2v) is 8.06. The van der Waals surface area contributed by atoms with Crippen molar-refractivity contribution in [2.75, 3.05) is 0 Å². The Hall–Kier alpha value is -3.54. The average Bonchev–Trinajstić information content (AvgIpc) is 3.16. The summed E-state index contributed by atoms with van der Waals surface area (Å²) in [7, 11) is 0. The summed E-state index contributed by atoms with van der Waals surface area (Å²) in [5.74, 6) is 1.70. The molecule has 0 aliphatic heterocycles. The zero-order chi connectivity index (χ0) is 20.9. The molecule has 0 saturated carbocycles. The first kappa shape index (κ1) is 18.2. The third kappa shape index (κ3) is 3.10. The molecular formula is C24H13Cl2N5. The van der Waals surface area contributed by atoms with Gasteiger partial charge in [0.05, 0.1) is 0 Å². The Morgan fingerprint density at radius 2 is 1.48 bits per heavy atom. The number of benzene rings is 3. The van der Waals surface area contributed by atoms with Gasteiger partial charge in [-0.2, -0.15) is 4.98 Å². The van der Waals surface area contributed by atoms with Crippen molar-refractivity contribution in [1.82, 2.24) is 24.3 Å². The van der Waals surface area contributed by atoms with E-state index in [1.807, 2.05) is 46.9 Å².